The first-order chi connectivity index (χ1) is 13.9. The maximum Gasteiger partial charge on any atom is 0.253 e. The lowest BCUT2D eigenvalue weighted by Crippen LogP contribution is -2.35. The fraction of sp³-hybridized carbons (Fsp3) is 0.417. The number of nitrogens with zero attached hydrogens (tertiary/aromatic N) is 1. The Hall–Kier alpha value is -2.66. The number of carbonyl (C=O) groups excluding carboxylic acids is 2. The van der Waals surface area contributed by atoms with Gasteiger partial charge in [0.25, 0.3) is 5.91 Å². The lowest BCUT2D eigenvalue weighted by molar-refractivity contribution is -0.117. The van der Waals surface area contributed by atoms with Gasteiger partial charge in [0, 0.05) is 19.1 Å². The predicted octanol–water partition coefficient (Wildman–Crippen LogP) is 3.98. The zero-order valence-electron chi connectivity index (χ0n) is 17.6. The van der Waals surface area contributed by atoms with Gasteiger partial charge in [0.15, 0.2) is 0 Å². The lowest BCUT2D eigenvalue weighted by Gasteiger charge is -2.22. The lowest BCUT2D eigenvalue weighted by atomic mass is 10.1. The summed E-state index contributed by atoms with van der Waals surface area (Å²) in [5, 5.41) is 5.87. The molecule has 0 aromatic heterocycles. The van der Waals surface area contributed by atoms with Crippen molar-refractivity contribution in [1.29, 1.82) is 0 Å². The van der Waals surface area contributed by atoms with Crippen LogP contribution in [0.4, 0.5) is 5.69 Å². The van der Waals surface area contributed by atoms with Crippen molar-refractivity contribution < 1.29 is 9.59 Å². The molecule has 1 saturated carbocycles. The Morgan fingerprint density at radius 2 is 1.86 bits per heavy atom. The van der Waals surface area contributed by atoms with E-state index in [9.17, 15) is 9.59 Å². The zero-order valence-corrected chi connectivity index (χ0v) is 17.6. The summed E-state index contributed by atoms with van der Waals surface area (Å²) in [4.78, 5) is 27.5. The summed E-state index contributed by atoms with van der Waals surface area (Å²) in [6.07, 6.45) is 2.26. The average Bonchev–Trinajstić information content (AvgIpc) is 3.51. The van der Waals surface area contributed by atoms with Crippen molar-refractivity contribution in [2.24, 2.45) is 5.92 Å². The molecular weight excluding hydrogens is 362 g/mol. The number of para-hydroxylation sites is 1. The number of nitrogens with one attached hydrogen (secondary N) is 2. The second kappa shape index (κ2) is 9.70. The second-order valence-electron chi connectivity index (χ2n) is 8.32. The van der Waals surface area contributed by atoms with Gasteiger partial charge < -0.3 is 10.6 Å². The fourth-order valence-electron chi connectivity index (χ4n) is 3.36. The number of benzene rings is 2. The average molecular weight is 394 g/mol. The third-order valence-electron chi connectivity index (χ3n) is 4.99. The predicted molar refractivity (Wildman–Crippen MR) is 117 cm³/mol. The summed E-state index contributed by atoms with van der Waals surface area (Å²) in [5.41, 5.74) is 3.51. The summed E-state index contributed by atoms with van der Waals surface area (Å²) in [5.74, 6) is 0.122. The van der Waals surface area contributed by atoms with E-state index in [0.717, 1.165) is 19.4 Å². The van der Waals surface area contributed by atoms with Crippen LogP contribution in [0.1, 0.15) is 48.2 Å². The molecule has 3 rings (SSSR count). The third kappa shape index (κ3) is 6.43. The van der Waals surface area contributed by atoms with Crippen LogP contribution in [0.3, 0.4) is 0 Å². The first-order valence-corrected chi connectivity index (χ1v) is 10.4. The van der Waals surface area contributed by atoms with Gasteiger partial charge in [-0.25, -0.2) is 0 Å². The molecule has 1 aliphatic carbocycles. The molecule has 0 radical (unpaired) electrons. The topological polar surface area (TPSA) is 61.4 Å². The zero-order chi connectivity index (χ0) is 20.8. The van der Waals surface area contributed by atoms with Gasteiger partial charge >= 0.3 is 0 Å². The Morgan fingerprint density at radius 1 is 1.10 bits per heavy atom. The van der Waals surface area contributed by atoms with Crippen molar-refractivity contribution in [2.45, 2.75) is 46.2 Å². The molecule has 2 aromatic rings. The standard InChI is InChI=1S/C24H31N3O2/c1-17(2)14-25-24(29)21-9-4-5-10-22(21)26-23(28)16-27(20-11-12-20)15-19-8-6-7-18(3)13-19/h4-10,13,17,20H,11-12,14-16H2,1-3H3,(H,25,29)(H,26,28). The van der Waals surface area contributed by atoms with Gasteiger partial charge in [0.1, 0.15) is 0 Å². The molecule has 0 unspecified atom stereocenters. The molecule has 0 saturated heterocycles. The molecular formula is C24H31N3O2. The largest absolute Gasteiger partial charge is 0.352 e. The Labute approximate surface area is 173 Å². The van der Waals surface area contributed by atoms with Gasteiger partial charge in [-0.2, -0.15) is 0 Å². The number of amides is 2. The second-order valence-corrected chi connectivity index (χ2v) is 8.32. The van der Waals surface area contributed by atoms with Gasteiger partial charge in [-0.1, -0.05) is 55.8 Å². The van der Waals surface area contributed by atoms with Crippen molar-refractivity contribution in [3.05, 3.63) is 65.2 Å². The van der Waals surface area contributed by atoms with Crippen molar-refractivity contribution >= 4 is 17.5 Å². The number of carbonyl (C=O) groups is 2. The Morgan fingerprint density at radius 3 is 2.55 bits per heavy atom. The third-order valence-corrected chi connectivity index (χ3v) is 4.99. The van der Waals surface area contributed by atoms with Crippen LogP contribution in [0.2, 0.25) is 0 Å². The van der Waals surface area contributed by atoms with Crippen LogP contribution in [0.15, 0.2) is 48.5 Å². The van der Waals surface area contributed by atoms with E-state index in [1.807, 2.05) is 12.1 Å². The smallest absolute Gasteiger partial charge is 0.253 e. The minimum absolute atomic E-state index is 0.0892. The van der Waals surface area contributed by atoms with Gasteiger partial charge in [-0.3, -0.25) is 14.5 Å². The molecule has 1 fully saturated rings. The molecule has 154 valence electrons. The highest BCUT2D eigenvalue weighted by atomic mass is 16.2. The minimum Gasteiger partial charge on any atom is -0.352 e. The molecule has 0 aliphatic heterocycles. The van der Waals surface area contributed by atoms with Gasteiger partial charge in [-0.15, -0.1) is 0 Å². The van der Waals surface area contributed by atoms with E-state index in [1.54, 1.807) is 12.1 Å². The molecule has 0 atom stereocenters. The number of anilines is 1. The molecule has 0 heterocycles. The first-order valence-electron chi connectivity index (χ1n) is 10.4. The highest BCUT2D eigenvalue weighted by molar-refractivity contribution is 6.04. The van der Waals surface area contributed by atoms with Crippen LogP contribution in [-0.2, 0) is 11.3 Å². The van der Waals surface area contributed by atoms with Crippen LogP contribution in [0.25, 0.3) is 0 Å². The molecule has 2 N–H and O–H groups in total. The molecule has 0 spiro atoms. The molecule has 2 aromatic carbocycles. The number of aryl methyl sites for hydroxylation is 1. The molecule has 5 nitrogen and oxygen atoms in total. The van der Waals surface area contributed by atoms with E-state index in [0.29, 0.717) is 36.3 Å². The van der Waals surface area contributed by atoms with Crippen LogP contribution in [0, 0.1) is 12.8 Å². The highest BCUT2D eigenvalue weighted by Gasteiger charge is 2.30. The number of hydrogen-bond acceptors (Lipinski definition) is 3. The van der Waals surface area contributed by atoms with Crippen LogP contribution in [-0.4, -0.2) is 35.8 Å². The Kier molecular flexibility index (Phi) is 7.04. The van der Waals surface area contributed by atoms with Crippen molar-refractivity contribution in [2.75, 3.05) is 18.4 Å². The van der Waals surface area contributed by atoms with Crippen molar-refractivity contribution in [3.63, 3.8) is 0 Å². The SMILES string of the molecule is Cc1cccc(CN(CC(=O)Nc2ccccc2C(=O)NCC(C)C)C2CC2)c1. The van der Waals surface area contributed by atoms with Crippen LogP contribution >= 0.6 is 0 Å². The fourth-order valence-corrected chi connectivity index (χ4v) is 3.36. The van der Waals surface area contributed by atoms with E-state index in [-0.39, 0.29) is 11.8 Å². The van der Waals surface area contributed by atoms with E-state index in [1.165, 1.54) is 11.1 Å². The Bertz CT molecular complexity index is 859. The monoisotopic (exact) mass is 393 g/mol. The van der Waals surface area contributed by atoms with Crippen molar-refractivity contribution in [3.8, 4) is 0 Å². The highest BCUT2D eigenvalue weighted by Crippen LogP contribution is 2.28. The Balaban J connectivity index is 1.64. The number of rotatable bonds is 9. The summed E-state index contributed by atoms with van der Waals surface area (Å²) in [6, 6.07) is 16.1. The van der Waals surface area contributed by atoms with Crippen molar-refractivity contribution in [1.82, 2.24) is 10.2 Å². The van der Waals surface area contributed by atoms with E-state index < -0.39 is 0 Å². The maximum absolute atomic E-state index is 12.8. The molecule has 1 aliphatic rings. The van der Waals surface area contributed by atoms with Gasteiger partial charge in [0.2, 0.25) is 5.91 Å². The minimum atomic E-state index is -0.159. The molecule has 5 heteroatoms. The number of hydrogen-bond donors (Lipinski definition) is 2. The molecule has 0 bridgehead atoms. The molecule has 29 heavy (non-hydrogen) atoms. The normalized spacial score (nSPS) is 13.6. The summed E-state index contributed by atoms with van der Waals surface area (Å²) >= 11 is 0. The van der Waals surface area contributed by atoms with Gasteiger partial charge in [0.05, 0.1) is 17.8 Å². The van der Waals surface area contributed by atoms with Crippen LogP contribution in [0.5, 0.6) is 0 Å². The summed E-state index contributed by atoms with van der Waals surface area (Å²) in [6.45, 7) is 7.87. The van der Waals surface area contributed by atoms with E-state index >= 15 is 0 Å². The van der Waals surface area contributed by atoms with E-state index in [4.69, 9.17) is 0 Å². The van der Waals surface area contributed by atoms with E-state index in [2.05, 4.69) is 60.6 Å². The quantitative estimate of drug-likeness (QED) is 0.677. The maximum atomic E-state index is 12.8. The molecule has 2 amide bonds. The van der Waals surface area contributed by atoms with Gasteiger partial charge in [-0.05, 0) is 43.4 Å². The van der Waals surface area contributed by atoms with Crippen LogP contribution < -0.4 is 10.6 Å². The summed E-state index contributed by atoms with van der Waals surface area (Å²) in [7, 11) is 0. The summed E-state index contributed by atoms with van der Waals surface area (Å²) < 4.78 is 0. The first kappa shape index (κ1) is 21.1.